The molecule has 0 spiro atoms. The lowest BCUT2D eigenvalue weighted by Crippen LogP contribution is -2.48. The van der Waals surface area contributed by atoms with Crippen LogP contribution < -0.4 is 5.32 Å². The summed E-state index contributed by atoms with van der Waals surface area (Å²) in [6, 6.07) is 5.32. The molecular formula is C16H21NO5S. The lowest BCUT2D eigenvalue weighted by atomic mass is 10.0. The third kappa shape index (κ3) is 4.79. The van der Waals surface area contributed by atoms with Crippen molar-refractivity contribution in [2.24, 2.45) is 0 Å². The van der Waals surface area contributed by atoms with Crippen LogP contribution in [0.1, 0.15) is 34.8 Å². The smallest absolute Gasteiger partial charge is 0.338 e. The van der Waals surface area contributed by atoms with E-state index in [1.165, 1.54) is 0 Å². The van der Waals surface area contributed by atoms with Gasteiger partial charge in [0.25, 0.3) is 5.91 Å². The molecule has 1 saturated heterocycles. The molecule has 1 aromatic carbocycles. The van der Waals surface area contributed by atoms with Crippen molar-refractivity contribution in [2.45, 2.75) is 32.7 Å². The standard InChI is InChI=1S/C16H21NO5S/c1-11-6-12(2)8-13(7-11)15(19)22-9-14(18)17-16(3)4-5-23(20,21)10-16/h6-8H,4-5,9-10H2,1-3H3,(H,17,18)/t16-/m0/s1. The first kappa shape index (κ1) is 17.5. The molecule has 0 aromatic heterocycles. The van der Waals surface area contributed by atoms with Gasteiger partial charge in [0.15, 0.2) is 16.4 Å². The summed E-state index contributed by atoms with van der Waals surface area (Å²) in [7, 11) is -3.11. The average molecular weight is 339 g/mol. The van der Waals surface area contributed by atoms with Gasteiger partial charge >= 0.3 is 5.97 Å². The third-order valence-corrected chi connectivity index (χ3v) is 5.64. The van der Waals surface area contributed by atoms with Crippen LogP contribution in [0.25, 0.3) is 0 Å². The number of carbonyl (C=O) groups is 2. The van der Waals surface area contributed by atoms with Gasteiger partial charge in [-0.2, -0.15) is 0 Å². The lowest BCUT2D eigenvalue weighted by Gasteiger charge is -2.23. The number of hydrogen-bond donors (Lipinski definition) is 1. The van der Waals surface area contributed by atoms with Crippen molar-refractivity contribution < 1.29 is 22.7 Å². The second-order valence-electron chi connectivity index (χ2n) is 6.40. The Bertz CT molecular complexity index is 721. The monoisotopic (exact) mass is 339 g/mol. The van der Waals surface area contributed by atoms with Crippen molar-refractivity contribution in [3.63, 3.8) is 0 Å². The van der Waals surface area contributed by atoms with Crippen LogP contribution in [0.15, 0.2) is 18.2 Å². The molecule has 1 aliphatic heterocycles. The maximum Gasteiger partial charge on any atom is 0.338 e. The normalized spacial score (nSPS) is 22.6. The van der Waals surface area contributed by atoms with Gasteiger partial charge in [-0.05, 0) is 39.3 Å². The molecule has 1 heterocycles. The number of rotatable bonds is 4. The highest BCUT2D eigenvalue weighted by Crippen LogP contribution is 2.22. The number of carbonyl (C=O) groups excluding carboxylic acids is 2. The predicted molar refractivity (Wildman–Crippen MR) is 86.0 cm³/mol. The molecule has 0 bridgehead atoms. The fourth-order valence-corrected chi connectivity index (χ4v) is 4.88. The molecule has 6 nitrogen and oxygen atoms in total. The molecule has 1 amide bonds. The van der Waals surface area contributed by atoms with E-state index in [0.29, 0.717) is 12.0 Å². The molecule has 0 aliphatic carbocycles. The van der Waals surface area contributed by atoms with E-state index in [9.17, 15) is 18.0 Å². The van der Waals surface area contributed by atoms with E-state index in [1.54, 1.807) is 19.1 Å². The number of ether oxygens (including phenoxy) is 1. The fourth-order valence-electron chi connectivity index (χ4n) is 2.79. The molecule has 126 valence electrons. The van der Waals surface area contributed by atoms with Crippen molar-refractivity contribution in [1.82, 2.24) is 5.32 Å². The van der Waals surface area contributed by atoms with Crippen LogP contribution in [0.5, 0.6) is 0 Å². The number of aryl methyl sites for hydroxylation is 2. The van der Waals surface area contributed by atoms with Gasteiger partial charge in [-0.15, -0.1) is 0 Å². The van der Waals surface area contributed by atoms with Crippen LogP contribution >= 0.6 is 0 Å². The molecule has 1 aliphatic rings. The molecular weight excluding hydrogens is 318 g/mol. The van der Waals surface area contributed by atoms with E-state index in [2.05, 4.69) is 5.32 Å². The van der Waals surface area contributed by atoms with Crippen molar-refractivity contribution in [2.75, 3.05) is 18.1 Å². The number of benzene rings is 1. The number of sulfone groups is 1. The zero-order valence-electron chi connectivity index (χ0n) is 13.5. The summed E-state index contributed by atoms with van der Waals surface area (Å²) in [6.07, 6.45) is 0.367. The van der Waals surface area contributed by atoms with Crippen LogP contribution in [0.4, 0.5) is 0 Å². The fraction of sp³-hybridized carbons (Fsp3) is 0.500. The largest absolute Gasteiger partial charge is 0.452 e. The minimum absolute atomic E-state index is 0.0616. The summed E-state index contributed by atoms with van der Waals surface area (Å²) in [5.41, 5.74) is 1.47. The number of nitrogens with one attached hydrogen (secondary N) is 1. The predicted octanol–water partition coefficient (Wildman–Crippen LogP) is 1.15. The molecule has 1 aromatic rings. The molecule has 0 unspecified atom stereocenters. The van der Waals surface area contributed by atoms with Gasteiger partial charge in [0.2, 0.25) is 0 Å². The highest BCUT2D eigenvalue weighted by Gasteiger charge is 2.39. The topological polar surface area (TPSA) is 89.5 Å². The summed E-state index contributed by atoms with van der Waals surface area (Å²) in [6.45, 7) is 5.00. The number of hydrogen-bond acceptors (Lipinski definition) is 5. The van der Waals surface area contributed by atoms with E-state index >= 15 is 0 Å². The first-order chi connectivity index (χ1) is 10.6. The van der Waals surface area contributed by atoms with Crippen LogP contribution in [0.3, 0.4) is 0 Å². The van der Waals surface area contributed by atoms with Gasteiger partial charge in [-0.1, -0.05) is 17.2 Å². The molecule has 1 N–H and O–H groups in total. The highest BCUT2D eigenvalue weighted by molar-refractivity contribution is 7.91. The van der Waals surface area contributed by atoms with Gasteiger partial charge in [0, 0.05) is 0 Å². The van der Waals surface area contributed by atoms with Gasteiger partial charge in [-0.25, -0.2) is 13.2 Å². The van der Waals surface area contributed by atoms with Crippen LogP contribution in [0.2, 0.25) is 0 Å². The Morgan fingerprint density at radius 1 is 1.22 bits per heavy atom. The van der Waals surface area contributed by atoms with E-state index in [4.69, 9.17) is 4.74 Å². The zero-order chi connectivity index (χ0) is 17.3. The minimum atomic E-state index is -3.11. The molecule has 0 saturated carbocycles. The molecule has 23 heavy (non-hydrogen) atoms. The zero-order valence-corrected chi connectivity index (χ0v) is 14.3. The highest BCUT2D eigenvalue weighted by atomic mass is 32.2. The molecule has 2 rings (SSSR count). The van der Waals surface area contributed by atoms with Crippen LogP contribution in [-0.4, -0.2) is 43.9 Å². The Kier molecular flexibility index (Phi) is 4.79. The Morgan fingerprint density at radius 3 is 2.35 bits per heavy atom. The molecule has 0 radical (unpaired) electrons. The first-order valence-electron chi connectivity index (χ1n) is 7.35. The minimum Gasteiger partial charge on any atom is -0.452 e. The Morgan fingerprint density at radius 2 is 1.83 bits per heavy atom. The maximum absolute atomic E-state index is 12.0. The third-order valence-electron chi connectivity index (χ3n) is 3.74. The van der Waals surface area contributed by atoms with Gasteiger partial charge in [-0.3, -0.25) is 4.79 Å². The van der Waals surface area contributed by atoms with Crippen molar-refractivity contribution in [1.29, 1.82) is 0 Å². The molecule has 1 atom stereocenters. The van der Waals surface area contributed by atoms with Crippen molar-refractivity contribution in [3.05, 3.63) is 34.9 Å². The molecule has 7 heteroatoms. The van der Waals surface area contributed by atoms with Gasteiger partial charge < -0.3 is 10.1 Å². The summed E-state index contributed by atoms with van der Waals surface area (Å²) >= 11 is 0. The van der Waals surface area contributed by atoms with Crippen molar-refractivity contribution >= 4 is 21.7 Å². The number of esters is 1. The summed E-state index contributed by atoms with van der Waals surface area (Å²) < 4.78 is 28.0. The molecule has 1 fully saturated rings. The van der Waals surface area contributed by atoms with Crippen LogP contribution in [-0.2, 0) is 19.4 Å². The number of amides is 1. The van der Waals surface area contributed by atoms with E-state index in [-0.39, 0.29) is 11.5 Å². The van der Waals surface area contributed by atoms with E-state index in [1.807, 2.05) is 19.9 Å². The maximum atomic E-state index is 12.0. The quantitative estimate of drug-likeness (QED) is 0.831. The van der Waals surface area contributed by atoms with Crippen molar-refractivity contribution in [3.8, 4) is 0 Å². The summed E-state index contributed by atoms with van der Waals surface area (Å²) in [4.78, 5) is 23.9. The second-order valence-corrected chi connectivity index (χ2v) is 8.59. The second kappa shape index (κ2) is 6.31. The summed E-state index contributed by atoms with van der Waals surface area (Å²) in [5, 5.41) is 2.65. The first-order valence-corrected chi connectivity index (χ1v) is 9.18. The lowest BCUT2D eigenvalue weighted by molar-refractivity contribution is -0.125. The van der Waals surface area contributed by atoms with E-state index in [0.717, 1.165) is 11.1 Å². The van der Waals surface area contributed by atoms with Gasteiger partial charge in [0.1, 0.15) is 0 Å². The Hall–Kier alpha value is -1.89. The Labute approximate surface area is 136 Å². The SMILES string of the molecule is Cc1cc(C)cc(C(=O)OCC(=O)N[C@@]2(C)CCS(=O)(=O)C2)c1. The Balaban J connectivity index is 1.90. The van der Waals surface area contributed by atoms with E-state index < -0.39 is 33.9 Å². The van der Waals surface area contributed by atoms with Crippen LogP contribution in [0, 0.1) is 13.8 Å². The average Bonchev–Trinajstić information content (AvgIpc) is 2.68. The van der Waals surface area contributed by atoms with Gasteiger partial charge in [0.05, 0.1) is 22.6 Å². The summed E-state index contributed by atoms with van der Waals surface area (Å²) in [5.74, 6) is -1.10.